The molecule has 2 rings (SSSR count). The van der Waals surface area contributed by atoms with E-state index in [9.17, 15) is 10.1 Å². The Hall–Kier alpha value is -1.87. The van der Waals surface area contributed by atoms with Gasteiger partial charge in [0.15, 0.2) is 5.76 Å². The fourth-order valence-corrected chi connectivity index (χ4v) is 2.56. The van der Waals surface area contributed by atoms with Crippen molar-refractivity contribution in [1.82, 2.24) is 0 Å². The molecule has 0 atom stereocenters. The molecule has 0 radical (unpaired) electrons. The van der Waals surface area contributed by atoms with Crippen LogP contribution in [0, 0.1) is 11.3 Å². The number of allylic oxidation sites excluding steroid dienone is 1. The summed E-state index contributed by atoms with van der Waals surface area (Å²) in [7, 11) is 0. The molecule has 0 aliphatic heterocycles. The van der Waals surface area contributed by atoms with E-state index in [4.69, 9.17) is 27.6 Å². The van der Waals surface area contributed by atoms with Crippen LogP contribution >= 0.6 is 35.0 Å². The van der Waals surface area contributed by atoms with Crippen LogP contribution in [0.4, 0.5) is 5.69 Å². The van der Waals surface area contributed by atoms with Crippen LogP contribution in [0.5, 0.6) is 0 Å². The van der Waals surface area contributed by atoms with Crippen molar-refractivity contribution in [3.63, 3.8) is 0 Å². The maximum Gasteiger partial charge on any atom is 0.241 e. The molecule has 2 aromatic rings. The van der Waals surface area contributed by atoms with E-state index in [0.29, 0.717) is 20.8 Å². The summed E-state index contributed by atoms with van der Waals surface area (Å²) >= 11 is 13.2. The number of Topliss-reactive ketones (excluding diaryl/α,β-unsaturated/α-hetero) is 1. The SMILES string of the molecule is CS/C(Nc1cc(Cl)ccc1Cl)=C(/C#N)C(=O)c1ccco1. The van der Waals surface area contributed by atoms with Crippen LogP contribution in [0.2, 0.25) is 10.0 Å². The van der Waals surface area contributed by atoms with Crippen LogP contribution in [0.1, 0.15) is 10.6 Å². The Morgan fingerprint density at radius 2 is 2.14 bits per heavy atom. The maximum absolute atomic E-state index is 12.3. The number of carbonyl (C=O) groups is 1. The molecule has 0 amide bonds. The summed E-state index contributed by atoms with van der Waals surface area (Å²) < 4.78 is 5.05. The highest BCUT2D eigenvalue weighted by Gasteiger charge is 2.20. The summed E-state index contributed by atoms with van der Waals surface area (Å²) in [6.45, 7) is 0. The molecule has 22 heavy (non-hydrogen) atoms. The van der Waals surface area contributed by atoms with Crippen molar-refractivity contribution in [2.45, 2.75) is 0 Å². The summed E-state index contributed by atoms with van der Waals surface area (Å²) in [5, 5.41) is 13.6. The van der Waals surface area contributed by atoms with Crippen molar-refractivity contribution in [2.75, 3.05) is 11.6 Å². The van der Waals surface area contributed by atoms with E-state index in [0.717, 1.165) is 0 Å². The molecular weight excluding hydrogens is 343 g/mol. The zero-order chi connectivity index (χ0) is 16.1. The molecule has 0 bridgehead atoms. The standard InChI is InChI=1S/C15H10Cl2N2O2S/c1-22-15(19-12-7-9(16)4-5-11(12)17)10(8-18)14(20)13-3-2-6-21-13/h2-7,19H,1H3/b15-10-. The molecule has 0 saturated carbocycles. The fourth-order valence-electron chi connectivity index (χ4n) is 1.67. The molecule has 7 heteroatoms. The maximum atomic E-state index is 12.3. The number of rotatable bonds is 5. The number of hydrogen-bond acceptors (Lipinski definition) is 5. The highest BCUT2D eigenvalue weighted by atomic mass is 35.5. The Morgan fingerprint density at radius 3 is 2.73 bits per heavy atom. The topological polar surface area (TPSA) is 66.0 Å². The van der Waals surface area contributed by atoms with Crippen LogP contribution < -0.4 is 5.32 Å². The van der Waals surface area contributed by atoms with Crippen molar-refractivity contribution in [1.29, 1.82) is 5.26 Å². The molecule has 0 aliphatic rings. The van der Waals surface area contributed by atoms with Crippen LogP contribution in [0.3, 0.4) is 0 Å². The number of nitrogens with zero attached hydrogens (tertiary/aromatic N) is 1. The third-order valence-electron chi connectivity index (χ3n) is 2.69. The minimum absolute atomic E-state index is 0.0570. The molecule has 0 spiro atoms. The number of ketones is 1. The zero-order valence-electron chi connectivity index (χ0n) is 11.4. The first-order chi connectivity index (χ1) is 10.6. The van der Waals surface area contributed by atoms with E-state index in [-0.39, 0.29) is 11.3 Å². The molecule has 0 saturated heterocycles. The van der Waals surface area contributed by atoms with Gasteiger partial charge in [-0.2, -0.15) is 5.26 Å². The number of hydrogen-bond donors (Lipinski definition) is 1. The predicted molar refractivity (Wildman–Crippen MR) is 89.3 cm³/mol. The number of nitrogens with one attached hydrogen (secondary N) is 1. The highest BCUT2D eigenvalue weighted by molar-refractivity contribution is 8.02. The molecule has 4 nitrogen and oxygen atoms in total. The van der Waals surface area contributed by atoms with Gasteiger partial charge >= 0.3 is 0 Å². The first kappa shape index (κ1) is 16.5. The van der Waals surface area contributed by atoms with Gasteiger partial charge in [-0.1, -0.05) is 23.2 Å². The first-order valence-corrected chi connectivity index (χ1v) is 8.03. The molecule has 0 fully saturated rings. The van der Waals surface area contributed by atoms with Gasteiger partial charge in [0.1, 0.15) is 11.6 Å². The minimum atomic E-state index is -0.498. The van der Waals surface area contributed by atoms with Crippen LogP contribution in [0.25, 0.3) is 0 Å². The Balaban J connectivity index is 2.41. The van der Waals surface area contributed by atoms with Crippen LogP contribution in [-0.2, 0) is 0 Å². The fraction of sp³-hybridized carbons (Fsp3) is 0.0667. The molecule has 0 unspecified atom stereocenters. The smallest absolute Gasteiger partial charge is 0.241 e. The predicted octanol–water partition coefficient (Wildman–Crippen LogP) is 4.98. The van der Waals surface area contributed by atoms with E-state index in [2.05, 4.69) is 5.32 Å². The summed E-state index contributed by atoms with van der Waals surface area (Å²) in [6.07, 6.45) is 3.12. The van der Waals surface area contributed by atoms with E-state index in [1.54, 1.807) is 30.5 Å². The van der Waals surface area contributed by atoms with Crippen molar-refractivity contribution >= 4 is 46.4 Å². The second-order valence-electron chi connectivity index (χ2n) is 4.08. The summed E-state index contributed by atoms with van der Waals surface area (Å²) in [4.78, 5) is 12.3. The number of thioether (sulfide) groups is 1. The summed E-state index contributed by atoms with van der Waals surface area (Å²) in [6, 6.07) is 9.89. The lowest BCUT2D eigenvalue weighted by molar-refractivity contribution is 0.101. The second kappa shape index (κ2) is 7.41. The Kier molecular flexibility index (Phi) is 5.56. The molecule has 1 heterocycles. The van der Waals surface area contributed by atoms with Gasteiger partial charge in [0.2, 0.25) is 5.78 Å². The van der Waals surface area contributed by atoms with Gasteiger partial charge in [-0.25, -0.2) is 0 Å². The molecule has 1 aromatic carbocycles. The molecular formula is C15H10Cl2N2O2S. The Bertz CT molecular complexity index is 764. The monoisotopic (exact) mass is 352 g/mol. The van der Waals surface area contributed by atoms with Gasteiger partial charge in [0, 0.05) is 5.02 Å². The van der Waals surface area contributed by atoms with Crippen molar-refractivity contribution in [3.05, 3.63) is 63.0 Å². The zero-order valence-corrected chi connectivity index (χ0v) is 13.7. The van der Waals surface area contributed by atoms with Gasteiger partial charge in [0.25, 0.3) is 0 Å². The van der Waals surface area contributed by atoms with Gasteiger partial charge in [-0.3, -0.25) is 4.79 Å². The van der Waals surface area contributed by atoms with E-state index >= 15 is 0 Å². The molecule has 1 N–H and O–H groups in total. The van der Waals surface area contributed by atoms with Gasteiger partial charge in [-0.15, -0.1) is 11.8 Å². The lowest BCUT2D eigenvalue weighted by Gasteiger charge is -2.12. The number of carbonyl (C=O) groups excluding carboxylic acids is 1. The van der Waals surface area contributed by atoms with Gasteiger partial charge in [-0.05, 0) is 36.6 Å². The van der Waals surface area contributed by atoms with Crippen LogP contribution in [0.15, 0.2) is 51.6 Å². The number of halogens is 2. The van der Waals surface area contributed by atoms with Crippen molar-refractivity contribution < 1.29 is 9.21 Å². The molecule has 112 valence electrons. The first-order valence-electron chi connectivity index (χ1n) is 6.05. The normalized spacial score (nSPS) is 11.5. The average molecular weight is 353 g/mol. The van der Waals surface area contributed by atoms with Crippen molar-refractivity contribution in [2.24, 2.45) is 0 Å². The largest absolute Gasteiger partial charge is 0.461 e. The number of benzene rings is 1. The van der Waals surface area contributed by atoms with Crippen molar-refractivity contribution in [3.8, 4) is 6.07 Å². The van der Waals surface area contributed by atoms with Gasteiger partial charge in [0.05, 0.1) is 22.0 Å². The molecule has 0 aliphatic carbocycles. The highest BCUT2D eigenvalue weighted by Crippen LogP contribution is 2.30. The summed E-state index contributed by atoms with van der Waals surface area (Å²) in [5.74, 6) is -0.399. The third kappa shape index (κ3) is 3.66. The Labute approximate surface area is 141 Å². The number of furan rings is 1. The third-order valence-corrected chi connectivity index (χ3v) is 3.97. The van der Waals surface area contributed by atoms with Crippen LogP contribution in [-0.4, -0.2) is 12.0 Å². The summed E-state index contributed by atoms with van der Waals surface area (Å²) in [5.41, 5.74) is 0.456. The number of anilines is 1. The minimum Gasteiger partial charge on any atom is -0.461 e. The van der Waals surface area contributed by atoms with E-state index in [1.807, 2.05) is 6.07 Å². The lowest BCUT2D eigenvalue weighted by atomic mass is 10.1. The van der Waals surface area contributed by atoms with Gasteiger partial charge < -0.3 is 9.73 Å². The second-order valence-corrected chi connectivity index (χ2v) is 5.74. The lowest BCUT2D eigenvalue weighted by Crippen LogP contribution is -2.08. The van der Waals surface area contributed by atoms with E-state index < -0.39 is 5.78 Å². The van der Waals surface area contributed by atoms with E-state index in [1.165, 1.54) is 24.1 Å². The Morgan fingerprint density at radius 1 is 1.36 bits per heavy atom. The quantitative estimate of drug-likeness (QED) is 0.467. The average Bonchev–Trinajstić information content (AvgIpc) is 3.04. The number of nitriles is 1. The molecule has 1 aromatic heterocycles.